The Labute approximate surface area is 194 Å². The van der Waals surface area contributed by atoms with Crippen LogP contribution in [0.5, 0.6) is 5.75 Å². The van der Waals surface area contributed by atoms with Gasteiger partial charge in [0.2, 0.25) is 0 Å². The summed E-state index contributed by atoms with van der Waals surface area (Å²) in [6.45, 7) is 0.203. The predicted octanol–water partition coefficient (Wildman–Crippen LogP) is 4.57. The number of ether oxygens (including phenoxy) is 1. The highest BCUT2D eigenvalue weighted by atomic mass is 19.1. The highest BCUT2D eigenvalue weighted by Crippen LogP contribution is 2.41. The van der Waals surface area contributed by atoms with Crippen molar-refractivity contribution in [2.45, 2.75) is 12.5 Å². The number of amides is 1. The van der Waals surface area contributed by atoms with Gasteiger partial charge in [0, 0.05) is 23.6 Å². The molecule has 5 rings (SSSR count). The molecule has 1 amide bonds. The normalized spacial score (nSPS) is 17.6. The zero-order valence-electron chi connectivity index (χ0n) is 18.2. The summed E-state index contributed by atoms with van der Waals surface area (Å²) >= 11 is 0. The predicted molar refractivity (Wildman–Crippen MR) is 123 cm³/mol. The molecule has 0 saturated carbocycles. The van der Waals surface area contributed by atoms with Gasteiger partial charge in [0.1, 0.15) is 29.1 Å². The zero-order valence-corrected chi connectivity index (χ0v) is 18.2. The van der Waals surface area contributed by atoms with Crippen molar-refractivity contribution in [3.05, 3.63) is 95.3 Å². The van der Waals surface area contributed by atoms with Gasteiger partial charge in [0.25, 0.3) is 11.7 Å². The number of benzene rings is 2. The fraction of sp³-hybridized carbons (Fsp3) is 0.154. The van der Waals surface area contributed by atoms with E-state index in [4.69, 9.17) is 9.15 Å². The van der Waals surface area contributed by atoms with Crippen molar-refractivity contribution in [2.75, 3.05) is 13.7 Å². The maximum absolute atomic E-state index is 14.0. The second-order valence-corrected chi connectivity index (χ2v) is 7.96. The van der Waals surface area contributed by atoms with Crippen LogP contribution in [0.2, 0.25) is 0 Å². The molecule has 1 fully saturated rings. The number of rotatable bonds is 6. The number of fused-ring (bicyclic) bond motifs is 1. The van der Waals surface area contributed by atoms with Crippen LogP contribution in [0, 0.1) is 5.82 Å². The summed E-state index contributed by atoms with van der Waals surface area (Å²) < 4.78 is 24.8. The Bertz CT molecular complexity index is 1420. The van der Waals surface area contributed by atoms with Gasteiger partial charge in [0.15, 0.2) is 0 Å². The first kappa shape index (κ1) is 21.5. The maximum atomic E-state index is 14.0. The third-order valence-corrected chi connectivity index (χ3v) is 6.07. The molecule has 2 N–H and O–H groups in total. The Morgan fingerprint density at radius 2 is 2.00 bits per heavy atom. The van der Waals surface area contributed by atoms with Crippen LogP contribution >= 0.6 is 0 Å². The van der Waals surface area contributed by atoms with Crippen molar-refractivity contribution in [1.82, 2.24) is 9.88 Å². The van der Waals surface area contributed by atoms with Crippen LogP contribution < -0.4 is 4.74 Å². The van der Waals surface area contributed by atoms with Crippen LogP contribution in [0.3, 0.4) is 0 Å². The first-order valence-corrected chi connectivity index (χ1v) is 10.7. The molecule has 2 aromatic heterocycles. The molecule has 4 aromatic rings. The number of H-pyrrole nitrogens is 1. The van der Waals surface area contributed by atoms with E-state index in [2.05, 4.69) is 4.98 Å². The van der Waals surface area contributed by atoms with E-state index in [1.54, 1.807) is 12.1 Å². The number of aliphatic hydroxyl groups is 1. The number of carbonyl (C=O) groups excluding carboxylic acids is 2. The number of likely N-dealkylation sites (tertiary alicyclic amines) is 1. The van der Waals surface area contributed by atoms with Gasteiger partial charge < -0.3 is 24.1 Å². The lowest BCUT2D eigenvalue weighted by Crippen LogP contribution is -2.31. The first-order valence-electron chi connectivity index (χ1n) is 10.7. The average molecular weight is 460 g/mol. The number of hydrogen-bond acceptors (Lipinski definition) is 5. The zero-order chi connectivity index (χ0) is 23.8. The van der Waals surface area contributed by atoms with Crippen LogP contribution in [0.1, 0.15) is 22.9 Å². The summed E-state index contributed by atoms with van der Waals surface area (Å²) in [6.07, 6.45) is 3.77. The van der Waals surface area contributed by atoms with Crippen LogP contribution in [0.25, 0.3) is 16.7 Å². The third kappa shape index (κ3) is 3.53. The summed E-state index contributed by atoms with van der Waals surface area (Å²) in [5.74, 6) is -2.30. The molecular weight excluding hydrogens is 439 g/mol. The number of carbonyl (C=O) groups is 2. The number of Topliss-reactive ketones (excluding diaryl/α,β-unsaturated/α-hetero) is 1. The van der Waals surface area contributed by atoms with Crippen molar-refractivity contribution >= 4 is 28.4 Å². The minimum atomic E-state index is -0.965. The summed E-state index contributed by atoms with van der Waals surface area (Å²) in [5, 5.41) is 12.1. The molecule has 0 bridgehead atoms. The minimum Gasteiger partial charge on any atom is -0.507 e. The van der Waals surface area contributed by atoms with Crippen LogP contribution in [0.15, 0.2) is 77.0 Å². The molecule has 1 atom stereocenters. The molecule has 34 heavy (non-hydrogen) atoms. The van der Waals surface area contributed by atoms with E-state index in [0.717, 1.165) is 22.5 Å². The molecule has 1 saturated heterocycles. The lowest BCUT2D eigenvalue weighted by Gasteiger charge is -2.23. The quantitative estimate of drug-likeness (QED) is 0.250. The fourth-order valence-corrected chi connectivity index (χ4v) is 4.44. The van der Waals surface area contributed by atoms with E-state index in [9.17, 15) is 19.1 Å². The van der Waals surface area contributed by atoms with Gasteiger partial charge in [-0.25, -0.2) is 4.39 Å². The molecule has 1 aliphatic rings. The Hall–Kier alpha value is -4.33. The Balaban J connectivity index is 1.57. The number of para-hydroxylation sites is 1. The second-order valence-electron chi connectivity index (χ2n) is 7.96. The number of nitrogens with zero attached hydrogens (tertiary/aromatic N) is 1. The standard InChI is InChI=1S/C26H21FN2O5/c1-33-20-9-8-16(27)13-18(20)24(30)22-23(21-7-4-12-34-21)29(26(32)25(22)31)11-10-15-14-28-19-6-3-2-5-17(15)19/h2-9,12-14,23,28,30H,10-11H2,1H3/b24-22-. The van der Waals surface area contributed by atoms with Gasteiger partial charge in [-0.15, -0.1) is 0 Å². The van der Waals surface area contributed by atoms with E-state index in [1.807, 2.05) is 30.5 Å². The summed E-state index contributed by atoms with van der Waals surface area (Å²) in [5.41, 5.74) is 1.76. The van der Waals surface area contributed by atoms with Gasteiger partial charge in [-0.1, -0.05) is 18.2 Å². The van der Waals surface area contributed by atoms with E-state index >= 15 is 0 Å². The largest absolute Gasteiger partial charge is 0.507 e. The summed E-state index contributed by atoms with van der Waals surface area (Å²) in [4.78, 5) is 30.8. The molecule has 3 heterocycles. The second kappa shape index (κ2) is 8.55. The minimum absolute atomic E-state index is 0.0197. The average Bonchev–Trinajstić information content (AvgIpc) is 3.57. The number of halogens is 1. The molecule has 8 heteroatoms. The highest BCUT2D eigenvalue weighted by Gasteiger charge is 2.47. The molecular formula is C26H21FN2O5. The molecule has 172 valence electrons. The van der Waals surface area contributed by atoms with Gasteiger partial charge in [-0.2, -0.15) is 0 Å². The SMILES string of the molecule is COc1ccc(F)cc1/C(O)=C1/C(=O)C(=O)N(CCc2c[nH]c3ccccc23)C1c1ccco1. The van der Waals surface area contributed by atoms with E-state index in [1.165, 1.54) is 30.4 Å². The van der Waals surface area contributed by atoms with Crippen molar-refractivity contribution < 1.29 is 28.2 Å². The number of nitrogens with one attached hydrogen (secondary N) is 1. The number of ketones is 1. The maximum Gasteiger partial charge on any atom is 0.295 e. The monoisotopic (exact) mass is 460 g/mol. The van der Waals surface area contributed by atoms with E-state index in [0.29, 0.717) is 12.2 Å². The molecule has 0 spiro atoms. The van der Waals surface area contributed by atoms with Gasteiger partial charge in [-0.3, -0.25) is 9.59 Å². The lowest BCUT2D eigenvalue weighted by atomic mass is 9.98. The van der Waals surface area contributed by atoms with Crippen LogP contribution in [-0.4, -0.2) is 40.3 Å². The van der Waals surface area contributed by atoms with Crippen molar-refractivity contribution in [3.8, 4) is 5.75 Å². The van der Waals surface area contributed by atoms with Gasteiger partial charge >= 0.3 is 0 Å². The number of hydrogen-bond donors (Lipinski definition) is 2. The van der Waals surface area contributed by atoms with Gasteiger partial charge in [0.05, 0.1) is 24.5 Å². The first-order chi connectivity index (χ1) is 16.5. The Morgan fingerprint density at radius 3 is 2.76 bits per heavy atom. The van der Waals surface area contributed by atoms with Crippen molar-refractivity contribution in [1.29, 1.82) is 0 Å². The van der Waals surface area contributed by atoms with Crippen molar-refractivity contribution in [3.63, 3.8) is 0 Å². The lowest BCUT2D eigenvalue weighted by molar-refractivity contribution is -0.140. The summed E-state index contributed by atoms with van der Waals surface area (Å²) in [7, 11) is 1.37. The molecule has 7 nitrogen and oxygen atoms in total. The van der Waals surface area contributed by atoms with Crippen LogP contribution in [0.4, 0.5) is 4.39 Å². The third-order valence-electron chi connectivity index (χ3n) is 6.07. The number of methoxy groups -OCH3 is 1. The molecule has 1 unspecified atom stereocenters. The fourth-order valence-electron chi connectivity index (χ4n) is 4.44. The van der Waals surface area contributed by atoms with Crippen molar-refractivity contribution in [2.24, 2.45) is 0 Å². The number of aromatic amines is 1. The number of aromatic nitrogens is 1. The van der Waals surface area contributed by atoms with Gasteiger partial charge in [-0.05, 0) is 48.4 Å². The Morgan fingerprint density at radius 1 is 1.18 bits per heavy atom. The molecule has 2 aromatic carbocycles. The van der Waals surface area contributed by atoms with Crippen LogP contribution in [-0.2, 0) is 16.0 Å². The highest BCUT2D eigenvalue weighted by molar-refractivity contribution is 6.46. The molecule has 0 aliphatic carbocycles. The molecule has 1 aliphatic heterocycles. The topological polar surface area (TPSA) is 95.8 Å². The Kier molecular flexibility index (Phi) is 5.41. The smallest absolute Gasteiger partial charge is 0.295 e. The number of furan rings is 1. The number of aliphatic hydroxyl groups excluding tert-OH is 1. The van der Waals surface area contributed by atoms with E-state index < -0.39 is 29.3 Å². The van der Waals surface area contributed by atoms with E-state index in [-0.39, 0.29) is 23.4 Å². The molecule has 0 radical (unpaired) electrons. The summed E-state index contributed by atoms with van der Waals surface area (Å²) in [6, 6.07) is 13.7.